The molecule has 0 aromatic heterocycles. The zero-order valence-electron chi connectivity index (χ0n) is 41.6. The highest BCUT2D eigenvalue weighted by Gasteiger charge is 2.42. The molecule has 5 aliphatic rings. The molecule has 5 saturated heterocycles. The van der Waals surface area contributed by atoms with E-state index < -0.39 is 37.9 Å². The van der Waals surface area contributed by atoms with Gasteiger partial charge in [-0.05, 0) is 81.1 Å². The van der Waals surface area contributed by atoms with E-state index in [9.17, 15) is 19.2 Å². The molecule has 0 amide bonds. The van der Waals surface area contributed by atoms with Crippen LogP contribution in [-0.4, -0.2) is 178 Å². The minimum atomic E-state index is -4.28. The summed E-state index contributed by atoms with van der Waals surface area (Å²) < 4.78 is 72.5. The van der Waals surface area contributed by atoms with Crippen molar-refractivity contribution in [3.8, 4) is 0 Å². The summed E-state index contributed by atoms with van der Waals surface area (Å²) in [6.07, 6.45) is 0.461. The molecular weight excluding hydrogens is 1040 g/mol. The van der Waals surface area contributed by atoms with Crippen LogP contribution in [0.5, 0.6) is 0 Å². The molecule has 5 fully saturated rings. The van der Waals surface area contributed by atoms with Crippen LogP contribution in [0.15, 0.2) is 0 Å². The highest BCUT2D eigenvalue weighted by molar-refractivity contribution is 14.1. The quantitative estimate of drug-likeness (QED) is 0.0745. The number of ether oxygens (including phenoxy) is 8. The molecule has 17 atom stereocenters. The first-order chi connectivity index (χ1) is 31.4. The summed E-state index contributed by atoms with van der Waals surface area (Å²) in [6, 6.07) is -0.464. The summed E-state index contributed by atoms with van der Waals surface area (Å²) in [6.45, 7) is 16.6. The number of alkyl halides is 1. The van der Waals surface area contributed by atoms with Crippen molar-refractivity contribution in [3.05, 3.63) is 0 Å². The van der Waals surface area contributed by atoms with Gasteiger partial charge in [0.05, 0.1) is 103 Å². The lowest BCUT2D eigenvalue weighted by Gasteiger charge is -2.38. The van der Waals surface area contributed by atoms with Gasteiger partial charge in [-0.1, -0.05) is 91.7 Å². The van der Waals surface area contributed by atoms with Gasteiger partial charge in [0.25, 0.3) is 0 Å². The van der Waals surface area contributed by atoms with Crippen molar-refractivity contribution in [1.29, 1.82) is 0 Å². The Labute approximate surface area is 432 Å². The lowest BCUT2D eigenvalue weighted by Crippen LogP contribution is -2.33. The Morgan fingerprint density at radius 1 is 0.687 bits per heavy atom. The van der Waals surface area contributed by atoms with Crippen LogP contribution in [0.25, 0.3) is 0 Å². The van der Waals surface area contributed by atoms with Gasteiger partial charge in [0.15, 0.2) is 6.80 Å². The van der Waals surface area contributed by atoms with Crippen molar-refractivity contribution in [1.82, 2.24) is 0 Å². The van der Waals surface area contributed by atoms with Gasteiger partial charge in [0.1, 0.15) is 40.9 Å². The normalized spacial score (nSPS) is 37.0. The van der Waals surface area contributed by atoms with Gasteiger partial charge >= 0.3 is 0 Å². The topological polar surface area (TPSA) is 179 Å². The molecular formula is C40H72B8IO14P2S2-3. The fourth-order valence-corrected chi connectivity index (χ4v) is 12.7. The minimum absolute atomic E-state index is 0.0114. The fraction of sp³-hybridized carbons (Fsp3) is 1.00. The first-order valence-corrected chi connectivity index (χ1v) is 31.4. The van der Waals surface area contributed by atoms with Crippen LogP contribution in [0.2, 0.25) is 23.3 Å². The Hall–Kier alpha value is 1.96. The average Bonchev–Trinajstić information content (AvgIpc) is 4.01. The predicted molar refractivity (Wildman–Crippen MR) is 282 cm³/mol. The van der Waals surface area contributed by atoms with Gasteiger partial charge in [-0.3, -0.25) is 4.57 Å². The van der Waals surface area contributed by atoms with Gasteiger partial charge in [-0.2, -0.15) is 0 Å². The Balaban J connectivity index is 0.000000293. The Morgan fingerprint density at radius 3 is 1.72 bits per heavy atom. The first-order valence-electron chi connectivity index (χ1n) is 24.2. The second kappa shape index (κ2) is 29.9. The standard InChI is InChI=1S/C20H38B4IO7PS.C20H37B4O7PS/c1-11(2)28-10-18-16(32-33(26,27)34)8-20(31-18)24-22-14(6)13(5)21-23-19-7-15(29-12(3)4)17(9-25)30-19;1-11(2)27-9-17-16-8-20(29-17)24-22-14(6)13(5)21-23-19-7-15(28-12(3)4)18(30-19)10-33-32(25,26)31-16/h11-20H,7-10H2,1-6H3,(H2,26,27,34);11-20H,7-10H2,1-6H3,(H,25,26)/p-3. The number of rotatable bonds is 20. The summed E-state index contributed by atoms with van der Waals surface area (Å²) in [5.41, 5.74) is 0. The Bertz CT molecular complexity index is 1530. The maximum Gasteiger partial charge on any atom is 0.192 e. The summed E-state index contributed by atoms with van der Waals surface area (Å²) in [7, 11) is 16.9. The van der Waals surface area contributed by atoms with Crippen LogP contribution in [0.1, 0.15) is 109 Å². The lowest BCUT2D eigenvalue weighted by molar-refractivity contribution is -0.325. The average molecular weight is 1120 g/mol. The molecule has 0 aromatic rings. The van der Waals surface area contributed by atoms with Crippen molar-refractivity contribution >= 4 is 117 Å². The third kappa shape index (κ3) is 22.8. The molecule has 14 nitrogen and oxygen atoms in total. The van der Waals surface area contributed by atoms with E-state index in [1.807, 2.05) is 55.9 Å². The van der Waals surface area contributed by atoms with E-state index in [-0.39, 0.29) is 91.0 Å². The molecule has 0 aliphatic carbocycles. The SMILES string of the molecule is CC(C)OCC1OC([B][B]C(C)C(C)[B][B]C2CC(OC(C)C)C(CI)O2)CC1OP([O-])([O-])=S.CC(C)OCC1OC2[B][B]C(C)C(C)[B][B]C3CC(OC(C)C)C(CSP(=O)([O-])OC1C2)O3. The second-order valence-corrected chi connectivity index (χ2v) is 26.8. The number of fused-ring (bicyclic) bond motifs is 4. The summed E-state index contributed by atoms with van der Waals surface area (Å²) in [4.78, 5) is 35.9. The molecule has 67 heavy (non-hydrogen) atoms. The van der Waals surface area contributed by atoms with E-state index in [1.165, 1.54) is 0 Å². The minimum Gasteiger partial charge on any atom is -0.812 e. The molecule has 8 radical (unpaired) electrons. The molecule has 27 heteroatoms. The van der Waals surface area contributed by atoms with E-state index >= 15 is 0 Å². The van der Waals surface area contributed by atoms with Crippen molar-refractivity contribution in [2.45, 2.75) is 229 Å². The summed E-state index contributed by atoms with van der Waals surface area (Å²) >= 11 is 7.60. The zero-order chi connectivity index (χ0) is 49.6. The van der Waals surface area contributed by atoms with Crippen LogP contribution < -0.4 is 14.7 Å². The van der Waals surface area contributed by atoms with Crippen LogP contribution in [0.4, 0.5) is 0 Å². The van der Waals surface area contributed by atoms with Gasteiger partial charge in [-0.25, -0.2) is 0 Å². The van der Waals surface area contributed by atoms with Crippen LogP contribution in [0.3, 0.4) is 0 Å². The van der Waals surface area contributed by atoms with Crippen molar-refractivity contribution in [2.75, 3.05) is 23.4 Å². The van der Waals surface area contributed by atoms with E-state index in [0.29, 0.717) is 43.3 Å². The molecule has 4 bridgehead atoms. The number of hydrogen-bond donors (Lipinski definition) is 0. The number of halogens is 1. The van der Waals surface area contributed by atoms with Crippen LogP contribution >= 0.6 is 47.5 Å². The molecule has 0 spiro atoms. The van der Waals surface area contributed by atoms with E-state index in [0.717, 1.165) is 22.2 Å². The summed E-state index contributed by atoms with van der Waals surface area (Å²) in [5, 5.41) is 0. The van der Waals surface area contributed by atoms with Crippen LogP contribution in [0, 0.1) is 0 Å². The Morgan fingerprint density at radius 2 is 1.19 bits per heavy atom. The first kappa shape index (κ1) is 61.5. The van der Waals surface area contributed by atoms with Crippen molar-refractivity contribution < 1.29 is 66.2 Å². The maximum atomic E-state index is 12.9. The molecule has 17 unspecified atom stereocenters. The molecule has 0 aromatic carbocycles. The maximum absolute atomic E-state index is 12.9. The molecule has 0 N–H and O–H groups in total. The van der Waals surface area contributed by atoms with Gasteiger partial charge in [0, 0.05) is 34.2 Å². The Kier molecular flexibility index (Phi) is 27.4. The molecule has 0 saturated carbocycles. The largest absolute Gasteiger partial charge is 0.812 e. The molecule has 5 heterocycles. The smallest absolute Gasteiger partial charge is 0.192 e. The van der Waals surface area contributed by atoms with Gasteiger partial charge in [-0.15, -0.1) is 11.8 Å². The molecule has 372 valence electrons. The molecule has 5 aliphatic heterocycles. The zero-order valence-corrected chi connectivity index (χ0v) is 47.2. The highest BCUT2D eigenvalue weighted by atomic mass is 127. The fourth-order valence-electron chi connectivity index (χ4n) is 8.27. The van der Waals surface area contributed by atoms with Crippen molar-refractivity contribution in [3.63, 3.8) is 0 Å². The van der Waals surface area contributed by atoms with Gasteiger partial charge < -0.3 is 61.6 Å². The third-order valence-electron chi connectivity index (χ3n) is 12.3. The van der Waals surface area contributed by atoms with Crippen LogP contribution in [-0.2, 0) is 63.3 Å². The van der Waals surface area contributed by atoms with E-state index in [1.54, 1.807) is 0 Å². The third-order valence-corrected chi connectivity index (χ3v) is 16.9. The van der Waals surface area contributed by atoms with E-state index in [4.69, 9.17) is 46.9 Å². The summed E-state index contributed by atoms with van der Waals surface area (Å²) in [5.74, 6) is 1.44. The highest BCUT2D eigenvalue weighted by Crippen LogP contribution is 2.55. The number of hydrogen-bond acceptors (Lipinski definition) is 16. The molecule has 5 rings (SSSR count). The second-order valence-electron chi connectivity index (χ2n) is 19.6. The predicted octanol–water partition coefficient (Wildman–Crippen LogP) is 3.76. The monoisotopic (exact) mass is 1120 g/mol. The van der Waals surface area contributed by atoms with Crippen molar-refractivity contribution in [2.24, 2.45) is 0 Å². The lowest BCUT2D eigenvalue weighted by atomic mass is 9.23. The van der Waals surface area contributed by atoms with Gasteiger partial charge in [0.2, 0.25) is 0 Å². The van der Waals surface area contributed by atoms with E-state index in [2.05, 4.69) is 119 Å².